The summed E-state index contributed by atoms with van der Waals surface area (Å²) in [4.78, 5) is 11.3. The fourth-order valence-corrected chi connectivity index (χ4v) is 2.75. The molecule has 0 amide bonds. The number of nitrogens with two attached hydrogens (primary N) is 1. The third-order valence-electron chi connectivity index (χ3n) is 3.87. The van der Waals surface area contributed by atoms with Gasteiger partial charge in [0.25, 0.3) is 0 Å². The van der Waals surface area contributed by atoms with Gasteiger partial charge in [0.05, 0.1) is 6.26 Å². The highest BCUT2D eigenvalue weighted by molar-refractivity contribution is 5.85. The molecule has 3 aromatic rings. The van der Waals surface area contributed by atoms with E-state index in [1.165, 1.54) is 0 Å². The molecule has 0 atom stereocenters. The van der Waals surface area contributed by atoms with E-state index in [4.69, 9.17) is 10.2 Å². The quantitative estimate of drug-likeness (QED) is 0.723. The Labute approximate surface area is 139 Å². The van der Waals surface area contributed by atoms with Gasteiger partial charge in [0.1, 0.15) is 5.82 Å². The summed E-state index contributed by atoms with van der Waals surface area (Å²) >= 11 is 0. The van der Waals surface area contributed by atoms with Crippen LogP contribution in [-0.2, 0) is 0 Å². The summed E-state index contributed by atoms with van der Waals surface area (Å²) in [5.74, 6) is 2.34. The van der Waals surface area contributed by atoms with Crippen molar-refractivity contribution in [1.82, 2.24) is 24.9 Å². The van der Waals surface area contributed by atoms with Gasteiger partial charge in [0.15, 0.2) is 11.4 Å². The zero-order valence-corrected chi connectivity index (χ0v) is 13.5. The molecule has 4 heterocycles. The number of hydrogen-bond acceptors (Lipinski definition) is 7. The summed E-state index contributed by atoms with van der Waals surface area (Å²) < 4.78 is 6.93. The van der Waals surface area contributed by atoms with Crippen molar-refractivity contribution in [3.05, 3.63) is 24.0 Å². The first-order valence-electron chi connectivity index (χ1n) is 7.26. The molecule has 0 radical (unpaired) electrons. The zero-order chi connectivity index (χ0) is 15.1. The molecule has 1 aliphatic rings. The lowest BCUT2D eigenvalue weighted by Gasteiger charge is -2.29. The monoisotopic (exact) mass is 335 g/mol. The normalized spacial score (nSPS) is 14.9. The standard InChI is InChI=1S/C14H17N7O.ClH/c1-9-12(20-6-4-16-5-7-20)18-14(15)21-13(9)17-11(19-21)10-3-2-8-22-10;/h2-3,8,16H,4-7H2,1H3,(H2,15,18);1H. The van der Waals surface area contributed by atoms with Gasteiger partial charge in [-0.15, -0.1) is 17.5 Å². The van der Waals surface area contributed by atoms with Gasteiger partial charge in [0.2, 0.25) is 11.8 Å². The number of nitrogen functional groups attached to an aromatic ring is 1. The van der Waals surface area contributed by atoms with Gasteiger partial charge in [-0.05, 0) is 19.1 Å². The fraction of sp³-hybridized carbons (Fsp3) is 0.357. The van der Waals surface area contributed by atoms with Crippen LogP contribution in [0.5, 0.6) is 0 Å². The van der Waals surface area contributed by atoms with Crippen LogP contribution in [0, 0.1) is 6.92 Å². The van der Waals surface area contributed by atoms with Crippen molar-refractivity contribution in [3.63, 3.8) is 0 Å². The molecule has 4 rings (SSSR count). The number of fused-ring (bicyclic) bond motifs is 1. The van der Waals surface area contributed by atoms with Crippen LogP contribution in [0.15, 0.2) is 22.8 Å². The van der Waals surface area contributed by atoms with Gasteiger partial charge in [-0.1, -0.05) is 0 Å². The topological polar surface area (TPSA) is 97.5 Å². The van der Waals surface area contributed by atoms with Crippen molar-refractivity contribution in [1.29, 1.82) is 0 Å². The van der Waals surface area contributed by atoms with Crippen LogP contribution in [0.3, 0.4) is 0 Å². The van der Waals surface area contributed by atoms with Crippen LogP contribution in [-0.4, -0.2) is 45.8 Å². The Bertz CT molecular complexity index is 808. The first kappa shape index (κ1) is 15.6. The van der Waals surface area contributed by atoms with Crippen molar-refractivity contribution in [2.45, 2.75) is 6.92 Å². The van der Waals surface area contributed by atoms with Crippen molar-refractivity contribution >= 4 is 29.8 Å². The molecular weight excluding hydrogens is 318 g/mol. The number of aryl methyl sites for hydroxylation is 1. The van der Waals surface area contributed by atoms with Crippen LogP contribution >= 0.6 is 12.4 Å². The minimum Gasteiger partial charge on any atom is -0.461 e. The SMILES string of the molecule is Cc1c(N2CCNCC2)nc(N)n2nc(-c3ccco3)nc12.Cl. The number of nitrogens with zero attached hydrogens (tertiary/aromatic N) is 5. The molecule has 23 heavy (non-hydrogen) atoms. The van der Waals surface area contributed by atoms with Crippen LogP contribution in [0.25, 0.3) is 17.2 Å². The van der Waals surface area contributed by atoms with Crippen molar-refractivity contribution in [2.24, 2.45) is 0 Å². The van der Waals surface area contributed by atoms with Crippen molar-refractivity contribution < 1.29 is 4.42 Å². The second-order valence-corrected chi connectivity index (χ2v) is 5.30. The Kier molecular flexibility index (Phi) is 4.10. The van der Waals surface area contributed by atoms with Gasteiger partial charge in [-0.3, -0.25) is 0 Å². The maximum absolute atomic E-state index is 6.08. The lowest BCUT2D eigenvalue weighted by Crippen LogP contribution is -2.44. The number of rotatable bonds is 2. The maximum Gasteiger partial charge on any atom is 0.225 e. The Morgan fingerprint density at radius 1 is 1.26 bits per heavy atom. The Hall–Kier alpha value is -2.32. The first-order chi connectivity index (χ1) is 10.7. The van der Waals surface area contributed by atoms with Crippen LogP contribution in [0.4, 0.5) is 11.8 Å². The van der Waals surface area contributed by atoms with Crippen LogP contribution in [0.1, 0.15) is 5.56 Å². The molecule has 9 heteroatoms. The molecule has 0 saturated carbocycles. The molecule has 3 aromatic heterocycles. The molecule has 0 unspecified atom stereocenters. The van der Waals surface area contributed by atoms with Gasteiger partial charge < -0.3 is 20.4 Å². The predicted octanol–water partition coefficient (Wildman–Crippen LogP) is 1.11. The highest BCUT2D eigenvalue weighted by atomic mass is 35.5. The number of anilines is 2. The Balaban J connectivity index is 0.00000156. The van der Waals surface area contributed by atoms with E-state index in [2.05, 4.69) is 25.3 Å². The van der Waals surface area contributed by atoms with Gasteiger partial charge in [0, 0.05) is 31.7 Å². The number of aromatic nitrogens is 4. The lowest BCUT2D eigenvalue weighted by atomic mass is 10.2. The number of furan rings is 1. The minimum atomic E-state index is 0. The molecule has 0 bridgehead atoms. The smallest absolute Gasteiger partial charge is 0.225 e. The van der Waals surface area contributed by atoms with E-state index in [-0.39, 0.29) is 12.4 Å². The van der Waals surface area contributed by atoms with E-state index < -0.39 is 0 Å². The molecule has 1 fully saturated rings. The van der Waals surface area contributed by atoms with E-state index in [1.807, 2.05) is 19.1 Å². The summed E-state index contributed by atoms with van der Waals surface area (Å²) in [6, 6.07) is 3.63. The average Bonchev–Trinajstić information content (AvgIpc) is 3.20. The summed E-state index contributed by atoms with van der Waals surface area (Å²) in [5.41, 5.74) is 7.76. The number of hydrogen-bond donors (Lipinski definition) is 2. The van der Waals surface area contributed by atoms with Gasteiger partial charge in [-0.25, -0.2) is 4.98 Å². The molecule has 0 aliphatic carbocycles. The Morgan fingerprint density at radius 2 is 2.04 bits per heavy atom. The molecule has 122 valence electrons. The van der Waals surface area contributed by atoms with Crippen LogP contribution < -0.4 is 16.0 Å². The highest BCUT2D eigenvalue weighted by Crippen LogP contribution is 2.25. The molecular formula is C14H18ClN7O. The second kappa shape index (κ2) is 6.05. The van der Waals surface area contributed by atoms with E-state index in [0.717, 1.165) is 37.6 Å². The molecule has 3 N–H and O–H groups in total. The molecule has 1 aliphatic heterocycles. The lowest BCUT2D eigenvalue weighted by molar-refractivity contribution is 0.577. The van der Waals surface area contributed by atoms with E-state index >= 15 is 0 Å². The van der Waals surface area contributed by atoms with Gasteiger partial charge >= 0.3 is 0 Å². The second-order valence-electron chi connectivity index (χ2n) is 5.30. The summed E-state index contributed by atoms with van der Waals surface area (Å²) in [7, 11) is 0. The largest absolute Gasteiger partial charge is 0.461 e. The van der Waals surface area contributed by atoms with Gasteiger partial charge in [-0.2, -0.15) is 9.50 Å². The fourth-order valence-electron chi connectivity index (χ4n) is 2.75. The predicted molar refractivity (Wildman–Crippen MR) is 90.0 cm³/mol. The molecule has 8 nitrogen and oxygen atoms in total. The van der Waals surface area contributed by atoms with Crippen molar-refractivity contribution in [3.8, 4) is 11.6 Å². The average molecular weight is 336 g/mol. The van der Waals surface area contributed by atoms with E-state index in [9.17, 15) is 0 Å². The summed E-state index contributed by atoms with van der Waals surface area (Å²) in [5, 5.41) is 7.73. The van der Waals surface area contributed by atoms with Crippen LogP contribution in [0.2, 0.25) is 0 Å². The first-order valence-corrected chi connectivity index (χ1v) is 7.26. The number of nitrogens with one attached hydrogen (secondary N) is 1. The number of halogens is 1. The molecule has 0 aromatic carbocycles. The highest BCUT2D eigenvalue weighted by Gasteiger charge is 2.20. The molecule has 0 spiro atoms. The number of piperazine rings is 1. The maximum atomic E-state index is 6.08. The summed E-state index contributed by atoms with van der Waals surface area (Å²) in [6.45, 7) is 5.69. The third kappa shape index (κ3) is 2.60. The minimum absolute atomic E-state index is 0. The molecule has 1 saturated heterocycles. The third-order valence-corrected chi connectivity index (χ3v) is 3.87. The Morgan fingerprint density at radius 3 is 2.74 bits per heavy atom. The van der Waals surface area contributed by atoms with E-state index in [0.29, 0.717) is 23.2 Å². The zero-order valence-electron chi connectivity index (χ0n) is 12.7. The summed E-state index contributed by atoms with van der Waals surface area (Å²) in [6.07, 6.45) is 1.60. The van der Waals surface area contributed by atoms with E-state index in [1.54, 1.807) is 10.8 Å². The van der Waals surface area contributed by atoms with Crippen molar-refractivity contribution in [2.75, 3.05) is 36.8 Å².